The molecule has 0 heterocycles. The first-order valence-corrected chi connectivity index (χ1v) is 7.28. The average molecular weight is 280 g/mol. The number of rotatable bonds is 5. The molecule has 0 amide bonds. The van der Waals surface area contributed by atoms with Gasteiger partial charge in [0.1, 0.15) is 0 Å². The maximum absolute atomic E-state index is 11.7. The quantitative estimate of drug-likeness (QED) is 0.901. The summed E-state index contributed by atoms with van der Waals surface area (Å²) in [5, 5.41) is 1.00. The highest BCUT2D eigenvalue weighted by molar-refractivity contribution is 7.84. The van der Waals surface area contributed by atoms with Crippen molar-refractivity contribution >= 4 is 34.0 Å². The normalized spacial score (nSPS) is 14.8. The van der Waals surface area contributed by atoms with Crippen LogP contribution in [0.3, 0.4) is 0 Å². The first-order chi connectivity index (χ1) is 7.50. The molecular formula is C11H15Cl2NOS. The first kappa shape index (κ1) is 14.0. The molecule has 0 aliphatic carbocycles. The van der Waals surface area contributed by atoms with Crippen LogP contribution in [0.4, 0.5) is 0 Å². The molecule has 2 atom stereocenters. The van der Waals surface area contributed by atoms with Crippen molar-refractivity contribution in [1.29, 1.82) is 0 Å². The minimum absolute atomic E-state index is 0.0822. The molecular weight excluding hydrogens is 265 g/mol. The highest BCUT2D eigenvalue weighted by Gasteiger charge is 2.08. The van der Waals surface area contributed by atoms with Crippen LogP contribution in [-0.2, 0) is 16.6 Å². The minimum Gasteiger partial charge on any atom is -0.328 e. The van der Waals surface area contributed by atoms with Crippen LogP contribution >= 0.6 is 23.2 Å². The molecule has 5 heteroatoms. The predicted molar refractivity (Wildman–Crippen MR) is 71.4 cm³/mol. The Balaban J connectivity index is 2.59. The molecule has 90 valence electrons. The van der Waals surface area contributed by atoms with Gasteiger partial charge in [-0.05, 0) is 25.0 Å². The van der Waals surface area contributed by atoms with Crippen LogP contribution in [0.15, 0.2) is 18.2 Å². The smallest absolute Gasteiger partial charge is 0.0633 e. The maximum Gasteiger partial charge on any atom is 0.0633 e. The lowest BCUT2D eigenvalue weighted by Gasteiger charge is -2.07. The number of nitrogens with two attached hydrogens (primary N) is 1. The third kappa shape index (κ3) is 4.42. The van der Waals surface area contributed by atoms with Gasteiger partial charge in [0.05, 0.1) is 15.8 Å². The van der Waals surface area contributed by atoms with Crippen LogP contribution in [-0.4, -0.2) is 16.0 Å². The van der Waals surface area contributed by atoms with Crippen molar-refractivity contribution in [2.45, 2.75) is 25.1 Å². The second-order valence-electron chi connectivity index (χ2n) is 3.77. The molecule has 0 spiro atoms. The van der Waals surface area contributed by atoms with Crippen LogP contribution in [0, 0.1) is 0 Å². The number of hydrogen-bond acceptors (Lipinski definition) is 2. The van der Waals surface area contributed by atoms with E-state index in [1.165, 1.54) is 0 Å². The molecule has 1 aromatic carbocycles. The van der Waals surface area contributed by atoms with E-state index in [9.17, 15) is 4.21 Å². The molecule has 0 aromatic heterocycles. The molecule has 2 nitrogen and oxygen atoms in total. The summed E-state index contributed by atoms with van der Waals surface area (Å²) in [5.74, 6) is 1.03. The summed E-state index contributed by atoms with van der Waals surface area (Å²) >= 11 is 11.9. The number of hydrogen-bond donors (Lipinski definition) is 1. The Morgan fingerprint density at radius 1 is 1.44 bits per heavy atom. The van der Waals surface area contributed by atoms with Crippen LogP contribution in [0.2, 0.25) is 10.0 Å². The second-order valence-corrected chi connectivity index (χ2v) is 6.13. The van der Waals surface area contributed by atoms with Gasteiger partial charge in [0.2, 0.25) is 0 Å². The molecule has 1 aromatic rings. The predicted octanol–water partition coefficient (Wildman–Crippen LogP) is 2.98. The van der Waals surface area contributed by atoms with Gasteiger partial charge in [0.15, 0.2) is 0 Å². The van der Waals surface area contributed by atoms with Gasteiger partial charge in [-0.15, -0.1) is 0 Å². The van der Waals surface area contributed by atoms with Crippen molar-refractivity contribution in [2.75, 3.05) is 5.75 Å². The lowest BCUT2D eigenvalue weighted by molar-refractivity contribution is 0.667. The van der Waals surface area contributed by atoms with Crippen molar-refractivity contribution in [2.24, 2.45) is 5.73 Å². The van der Waals surface area contributed by atoms with E-state index in [1.54, 1.807) is 6.07 Å². The van der Waals surface area contributed by atoms with E-state index in [1.807, 2.05) is 19.1 Å². The van der Waals surface area contributed by atoms with Gasteiger partial charge in [-0.25, -0.2) is 0 Å². The highest BCUT2D eigenvalue weighted by Crippen LogP contribution is 2.26. The summed E-state index contributed by atoms with van der Waals surface area (Å²) in [7, 11) is -0.933. The zero-order valence-electron chi connectivity index (χ0n) is 9.08. The first-order valence-electron chi connectivity index (χ1n) is 5.04. The molecule has 0 aliphatic rings. The van der Waals surface area contributed by atoms with E-state index < -0.39 is 10.8 Å². The molecule has 2 unspecified atom stereocenters. The van der Waals surface area contributed by atoms with E-state index in [0.717, 1.165) is 12.0 Å². The van der Waals surface area contributed by atoms with Crippen molar-refractivity contribution in [3.05, 3.63) is 33.8 Å². The van der Waals surface area contributed by atoms with Crippen LogP contribution in [0.25, 0.3) is 0 Å². The van der Waals surface area contributed by atoms with E-state index in [2.05, 4.69) is 0 Å². The second kappa shape index (κ2) is 6.60. The van der Waals surface area contributed by atoms with E-state index in [4.69, 9.17) is 28.9 Å². The number of halogens is 2. The lowest BCUT2D eigenvalue weighted by atomic mass is 10.2. The van der Waals surface area contributed by atoms with Gasteiger partial charge in [-0.3, -0.25) is 4.21 Å². The number of benzene rings is 1. The van der Waals surface area contributed by atoms with Gasteiger partial charge >= 0.3 is 0 Å². The summed E-state index contributed by atoms with van der Waals surface area (Å²) in [6, 6.07) is 5.46. The Labute approximate surface area is 109 Å². The van der Waals surface area contributed by atoms with Crippen LogP contribution in [0.5, 0.6) is 0 Å². The van der Waals surface area contributed by atoms with Crippen molar-refractivity contribution in [3.63, 3.8) is 0 Å². The minimum atomic E-state index is -0.933. The Kier molecular flexibility index (Phi) is 5.76. The standard InChI is InChI=1S/C11H15Cl2NOS/c1-8(14)5-6-16(15)7-9-3-2-4-10(12)11(9)13/h2-4,8H,5-7,14H2,1H3. The Hall–Kier alpha value is -0.0900. The molecule has 16 heavy (non-hydrogen) atoms. The Morgan fingerprint density at radius 2 is 2.12 bits per heavy atom. The monoisotopic (exact) mass is 279 g/mol. The maximum atomic E-state index is 11.7. The molecule has 0 aliphatic heterocycles. The van der Waals surface area contributed by atoms with Crippen molar-refractivity contribution < 1.29 is 4.21 Å². The third-order valence-electron chi connectivity index (χ3n) is 2.15. The Morgan fingerprint density at radius 3 is 2.75 bits per heavy atom. The van der Waals surface area contributed by atoms with Gasteiger partial charge in [-0.2, -0.15) is 0 Å². The van der Waals surface area contributed by atoms with Gasteiger partial charge < -0.3 is 5.73 Å². The zero-order chi connectivity index (χ0) is 12.1. The third-order valence-corrected chi connectivity index (χ3v) is 4.33. The highest BCUT2D eigenvalue weighted by atomic mass is 35.5. The molecule has 1 rings (SSSR count). The van der Waals surface area contributed by atoms with Crippen LogP contribution < -0.4 is 5.73 Å². The fourth-order valence-corrected chi connectivity index (χ4v) is 3.06. The summed E-state index contributed by atoms with van der Waals surface area (Å²) in [6.45, 7) is 1.91. The topological polar surface area (TPSA) is 43.1 Å². The lowest BCUT2D eigenvalue weighted by Crippen LogP contribution is -2.18. The zero-order valence-corrected chi connectivity index (χ0v) is 11.4. The summed E-state index contributed by atoms with van der Waals surface area (Å²) in [4.78, 5) is 0. The fourth-order valence-electron chi connectivity index (χ4n) is 1.22. The summed E-state index contributed by atoms with van der Waals surface area (Å²) < 4.78 is 11.7. The van der Waals surface area contributed by atoms with E-state index in [0.29, 0.717) is 21.6 Å². The van der Waals surface area contributed by atoms with Gasteiger partial charge in [0, 0.05) is 22.6 Å². The van der Waals surface area contributed by atoms with Gasteiger partial charge in [0.25, 0.3) is 0 Å². The van der Waals surface area contributed by atoms with Crippen molar-refractivity contribution in [1.82, 2.24) is 0 Å². The molecule has 0 saturated heterocycles. The molecule has 0 saturated carbocycles. The molecule has 0 bridgehead atoms. The SMILES string of the molecule is CC(N)CCS(=O)Cc1cccc(Cl)c1Cl. The van der Waals surface area contributed by atoms with Crippen LogP contribution in [0.1, 0.15) is 18.9 Å². The summed E-state index contributed by atoms with van der Waals surface area (Å²) in [5.41, 5.74) is 6.44. The van der Waals surface area contributed by atoms with Gasteiger partial charge in [-0.1, -0.05) is 35.3 Å². The molecule has 2 N–H and O–H groups in total. The Bertz CT molecular complexity index is 382. The molecule has 0 fully saturated rings. The molecule has 0 radical (unpaired) electrons. The van der Waals surface area contributed by atoms with E-state index >= 15 is 0 Å². The van der Waals surface area contributed by atoms with Crippen molar-refractivity contribution in [3.8, 4) is 0 Å². The largest absolute Gasteiger partial charge is 0.328 e. The van der Waals surface area contributed by atoms with E-state index in [-0.39, 0.29) is 6.04 Å². The fraction of sp³-hybridized carbons (Fsp3) is 0.455. The average Bonchev–Trinajstić information content (AvgIpc) is 2.22. The summed E-state index contributed by atoms with van der Waals surface area (Å²) in [6.07, 6.45) is 0.755.